The fraction of sp³-hybridized carbons (Fsp3) is 0.609. The number of benzene rings is 2. The van der Waals surface area contributed by atoms with Crippen molar-refractivity contribution in [1.29, 1.82) is 0 Å². The van der Waals surface area contributed by atoms with E-state index in [4.69, 9.17) is 38.4 Å². The molecule has 3 aliphatic carbocycles. The highest BCUT2D eigenvalue weighted by atomic mass is 32.2. The van der Waals surface area contributed by atoms with Gasteiger partial charge in [-0.3, -0.25) is 5.32 Å². The van der Waals surface area contributed by atoms with Gasteiger partial charge in [0, 0.05) is 48.9 Å². The van der Waals surface area contributed by atoms with Crippen molar-refractivity contribution in [3.8, 4) is 23.0 Å². The molecule has 7 atom stereocenters. The standard InChI is InChI=1S/C46H62N2O10S/c1-4-24-55-46-41(59-33-14-5-6-15-33)29-38(48-58-42-17-9-12-25-54-42)35-26-30(13-7-10-22-49)34(16-8-11-23-50)43(44(35)46)36-27-32(19-21-39(36)57-46)56-45(51)47-37-20-18-31(52-2)28-40(37)53-3/h4,18-21,26-28,30,33-34,41-44,49-50H,1,5-17,22-25,29H2,2-3H3,(H,47,51)/t30-,34+,41-,42?,43+,44+,46+/m0/s1. The summed E-state index contributed by atoms with van der Waals surface area (Å²) in [6, 6.07) is 10.8. The molecular formula is C46H62N2O10S. The first-order valence-electron chi connectivity index (χ1n) is 21.6. The molecule has 1 amide bonds. The Kier molecular flexibility index (Phi) is 15.2. The number of aliphatic hydroxyl groups excluding tert-OH is 2. The van der Waals surface area contributed by atoms with Gasteiger partial charge in [-0.2, -0.15) is 0 Å². The number of unbranched alkanes of at least 4 members (excludes halogenated alkanes) is 2. The van der Waals surface area contributed by atoms with Crippen molar-refractivity contribution >= 4 is 29.3 Å². The maximum Gasteiger partial charge on any atom is 0.417 e. The number of thioether (sulfide) groups is 1. The van der Waals surface area contributed by atoms with E-state index in [9.17, 15) is 15.0 Å². The fourth-order valence-corrected chi connectivity index (χ4v) is 11.6. The van der Waals surface area contributed by atoms with Gasteiger partial charge in [-0.15, -0.1) is 18.3 Å². The van der Waals surface area contributed by atoms with E-state index in [0.717, 1.165) is 74.6 Å². The summed E-state index contributed by atoms with van der Waals surface area (Å²) >= 11 is 1.96. The number of hydrogen-bond acceptors (Lipinski definition) is 12. The molecule has 0 radical (unpaired) electrons. The average molecular weight is 835 g/mol. The van der Waals surface area contributed by atoms with Gasteiger partial charge in [-0.1, -0.05) is 43.0 Å². The van der Waals surface area contributed by atoms with Gasteiger partial charge >= 0.3 is 6.09 Å². The molecule has 7 rings (SSSR count). The van der Waals surface area contributed by atoms with Gasteiger partial charge in [-0.25, -0.2) is 4.79 Å². The number of oxime groups is 1. The van der Waals surface area contributed by atoms with Gasteiger partial charge in [0.25, 0.3) is 0 Å². The zero-order valence-corrected chi connectivity index (χ0v) is 35.4. The van der Waals surface area contributed by atoms with Crippen LogP contribution < -0.4 is 24.3 Å². The number of carbonyl (C=O) groups excluding carboxylic acids is 1. The third kappa shape index (κ3) is 9.91. The Labute approximate surface area is 353 Å². The summed E-state index contributed by atoms with van der Waals surface area (Å²) in [5.41, 5.74) is 3.35. The molecule has 13 heteroatoms. The molecule has 0 bridgehead atoms. The molecule has 3 N–H and O–H groups in total. The third-order valence-corrected chi connectivity index (χ3v) is 14.2. The lowest BCUT2D eigenvalue weighted by Crippen LogP contribution is -2.64. The number of carbonyl (C=O) groups is 1. The molecule has 2 aromatic rings. The maximum atomic E-state index is 13.5. The van der Waals surface area contributed by atoms with Crippen molar-refractivity contribution in [1.82, 2.24) is 0 Å². The van der Waals surface area contributed by atoms with E-state index >= 15 is 0 Å². The van der Waals surface area contributed by atoms with Crippen LogP contribution in [-0.4, -0.2) is 85.2 Å². The van der Waals surface area contributed by atoms with Crippen LogP contribution in [0.25, 0.3) is 0 Å². The van der Waals surface area contributed by atoms with E-state index < -0.39 is 11.9 Å². The van der Waals surface area contributed by atoms with E-state index in [0.29, 0.717) is 66.4 Å². The lowest BCUT2D eigenvalue weighted by Gasteiger charge is -2.58. The molecule has 2 aliphatic heterocycles. The fourth-order valence-electron chi connectivity index (χ4n) is 9.83. The number of methoxy groups -OCH3 is 2. The summed E-state index contributed by atoms with van der Waals surface area (Å²) in [7, 11) is 3.10. The van der Waals surface area contributed by atoms with Crippen LogP contribution in [0.2, 0.25) is 0 Å². The van der Waals surface area contributed by atoms with Crippen molar-refractivity contribution in [2.45, 2.75) is 118 Å². The molecule has 5 aliphatic rings. The lowest BCUT2D eigenvalue weighted by atomic mass is 9.56. The van der Waals surface area contributed by atoms with Crippen LogP contribution in [0.4, 0.5) is 10.5 Å². The quantitative estimate of drug-likeness (QED) is 0.0708. The van der Waals surface area contributed by atoms with Crippen LogP contribution in [0.3, 0.4) is 0 Å². The predicted octanol–water partition coefficient (Wildman–Crippen LogP) is 9.15. The Bertz CT molecular complexity index is 1790. The van der Waals surface area contributed by atoms with Crippen LogP contribution in [-0.2, 0) is 14.3 Å². The highest BCUT2D eigenvalue weighted by Gasteiger charge is 2.64. The SMILES string of the molecule is C=CCO[C@@]12Oc3ccc(OC(=O)Nc4ccc(OC)cc4OC)cc3[C@H]3[C@H](CCCCO)[C@@H](CCCCO)C=C(C(=NOC4CCCCO4)C[C@@H]1SC1CCCC1)[C@H]32. The maximum absolute atomic E-state index is 13.5. The predicted molar refractivity (Wildman–Crippen MR) is 229 cm³/mol. The van der Waals surface area contributed by atoms with Crippen LogP contribution in [0.15, 0.2) is 65.9 Å². The first kappa shape index (κ1) is 43.3. The zero-order chi connectivity index (χ0) is 41.2. The summed E-state index contributed by atoms with van der Waals surface area (Å²) in [5, 5.41) is 28.0. The Morgan fingerprint density at radius 1 is 0.983 bits per heavy atom. The molecular weight excluding hydrogens is 773 g/mol. The number of anilines is 1. The van der Waals surface area contributed by atoms with E-state index in [2.05, 4.69) is 18.0 Å². The van der Waals surface area contributed by atoms with Crippen LogP contribution in [0.5, 0.6) is 23.0 Å². The molecule has 1 saturated heterocycles. The molecule has 322 valence electrons. The minimum absolute atomic E-state index is 0.108. The molecule has 2 aromatic carbocycles. The zero-order valence-electron chi connectivity index (χ0n) is 34.6. The second kappa shape index (κ2) is 20.7. The summed E-state index contributed by atoms with van der Waals surface area (Å²) in [6.07, 6.45) is 16.1. The van der Waals surface area contributed by atoms with Gasteiger partial charge in [0.05, 0.1) is 50.0 Å². The first-order valence-corrected chi connectivity index (χ1v) is 22.6. The van der Waals surface area contributed by atoms with Crippen molar-refractivity contribution < 1.29 is 48.3 Å². The Morgan fingerprint density at radius 2 is 1.76 bits per heavy atom. The topological polar surface area (TPSA) is 147 Å². The largest absolute Gasteiger partial charge is 0.497 e. The van der Waals surface area contributed by atoms with E-state index in [1.165, 1.54) is 20.0 Å². The number of fused-ring (bicyclic) bond motifs is 2. The molecule has 12 nitrogen and oxygen atoms in total. The molecule has 59 heavy (non-hydrogen) atoms. The number of aliphatic hydroxyl groups is 2. The number of nitrogens with one attached hydrogen (secondary N) is 1. The minimum Gasteiger partial charge on any atom is -0.497 e. The van der Waals surface area contributed by atoms with Crippen molar-refractivity contribution in [3.63, 3.8) is 0 Å². The summed E-state index contributed by atoms with van der Waals surface area (Å²) in [5.74, 6) is 0.901. The number of ether oxygens (including phenoxy) is 6. The number of amides is 1. The molecule has 0 spiro atoms. The normalized spacial score (nSPS) is 28.1. The van der Waals surface area contributed by atoms with E-state index in [1.54, 1.807) is 37.5 Å². The van der Waals surface area contributed by atoms with Crippen LogP contribution >= 0.6 is 11.8 Å². The minimum atomic E-state index is -1.05. The summed E-state index contributed by atoms with van der Waals surface area (Å²) in [6.45, 7) is 5.27. The van der Waals surface area contributed by atoms with Crippen molar-refractivity contribution in [2.24, 2.45) is 22.9 Å². The lowest BCUT2D eigenvalue weighted by molar-refractivity contribution is -0.223. The van der Waals surface area contributed by atoms with E-state index in [-0.39, 0.29) is 48.4 Å². The molecule has 1 unspecified atom stereocenters. The summed E-state index contributed by atoms with van der Waals surface area (Å²) < 4.78 is 37.2. The van der Waals surface area contributed by atoms with E-state index in [1.807, 2.05) is 23.9 Å². The average Bonchev–Trinajstić information content (AvgIpc) is 3.78. The molecule has 2 saturated carbocycles. The molecule has 2 heterocycles. The number of nitrogens with zero attached hydrogens (tertiary/aromatic N) is 1. The number of rotatable bonds is 19. The monoisotopic (exact) mass is 834 g/mol. The van der Waals surface area contributed by atoms with Gasteiger partial charge < -0.3 is 43.5 Å². The van der Waals surface area contributed by atoms with Crippen molar-refractivity contribution in [2.75, 3.05) is 46.0 Å². The smallest absolute Gasteiger partial charge is 0.417 e. The molecule has 0 aromatic heterocycles. The van der Waals surface area contributed by atoms with Crippen LogP contribution in [0, 0.1) is 17.8 Å². The van der Waals surface area contributed by atoms with Gasteiger partial charge in [0.1, 0.15) is 23.0 Å². The Balaban J connectivity index is 1.33. The second-order valence-corrected chi connectivity index (χ2v) is 17.8. The number of allylic oxidation sites excluding steroid dienone is 1. The third-order valence-electron chi connectivity index (χ3n) is 12.6. The summed E-state index contributed by atoms with van der Waals surface area (Å²) in [4.78, 5) is 19.8. The van der Waals surface area contributed by atoms with Gasteiger partial charge in [-0.05, 0) is 99.1 Å². The highest BCUT2D eigenvalue weighted by molar-refractivity contribution is 8.00. The first-order chi connectivity index (χ1) is 28.9. The van der Waals surface area contributed by atoms with Gasteiger partial charge in [0.15, 0.2) is 0 Å². The highest BCUT2D eigenvalue weighted by Crippen LogP contribution is 2.63. The molecule has 3 fully saturated rings. The number of hydrogen-bond donors (Lipinski definition) is 3. The van der Waals surface area contributed by atoms with Gasteiger partial charge in [0.2, 0.25) is 12.1 Å². The second-order valence-electron chi connectivity index (χ2n) is 16.3. The Morgan fingerprint density at radius 3 is 2.49 bits per heavy atom. The van der Waals surface area contributed by atoms with Crippen molar-refractivity contribution in [3.05, 3.63) is 66.3 Å². The Hall–Kier alpha value is -3.75. The van der Waals surface area contributed by atoms with Crippen LogP contribution in [0.1, 0.15) is 101 Å².